The van der Waals surface area contributed by atoms with Crippen LogP contribution in [0.1, 0.15) is 18.1 Å². The third kappa shape index (κ3) is 4.25. The van der Waals surface area contributed by atoms with Crippen LogP contribution < -0.4 is 10.5 Å². The second-order valence-electron chi connectivity index (χ2n) is 4.93. The van der Waals surface area contributed by atoms with Crippen LogP contribution in [0.3, 0.4) is 0 Å². The van der Waals surface area contributed by atoms with E-state index >= 15 is 0 Å². The fraction of sp³-hybridized carbons (Fsp3) is 0.250. The Balaban J connectivity index is 2.21. The minimum atomic E-state index is -0.469. The Bertz CT molecular complexity index is 632. The van der Waals surface area contributed by atoms with Crippen LogP contribution in [0, 0.1) is 11.6 Å². The highest BCUT2D eigenvalue weighted by atomic mass is 79.9. The Kier molecular flexibility index (Phi) is 5.31. The molecule has 0 spiro atoms. The van der Waals surface area contributed by atoms with E-state index in [1.54, 1.807) is 24.3 Å². The van der Waals surface area contributed by atoms with Crippen molar-refractivity contribution in [3.05, 3.63) is 63.6 Å². The number of ether oxygens (including phenoxy) is 1. The average Bonchev–Trinajstić information content (AvgIpc) is 2.41. The van der Waals surface area contributed by atoms with Gasteiger partial charge in [0.05, 0.1) is 0 Å². The molecule has 0 heterocycles. The summed E-state index contributed by atoms with van der Waals surface area (Å²) in [5, 5.41) is 0. The molecule has 0 saturated carbocycles. The summed E-state index contributed by atoms with van der Waals surface area (Å²) < 4.78 is 33.8. The molecule has 2 aromatic rings. The minimum absolute atomic E-state index is 0.0435. The SMILES string of the molecule is CC(N)Cc1cccc(F)c1OCc1cc(Br)ccc1F. The fourth-order valence-corrected chi connectivity index (χ4v) is 2.44. The number of hydrogen-bond acceptors (Lipinski definition) is 2. The molecule has 0 bridgehead atoms. The zero-order valence-electron chi connectivity index (χ0n) is 11.6. The number of rotatable bonds is 5. The van der Waals surface area contributed by atoms with Crippen molar-refractivity contribution in [2.24, 2.45) is 5.73 Å². The number of nitrogens with two attached hydrogens (primary N) is 1. The highest BCUT2D eigenvalue weighted by Crippen LogP contribution is 2.26. The minimum Gasteiger partial charge on any atom is -0.485 e. The summed E-state index contributed by atoms with van der Waals surface area (Å²) in [4.78, 5) is 0. The predicted octanol–water partition coefficient (Wildman–Crippen LogP) is 4.20. The number of benzene rings is 2. The first-order chi connectivity index (χ1) is 9.97. The van der Waals surface area contributed by atoms with Gasteiger partial charge in [0, 0.05) is 16.1 Å². The first-order valence-electron chi connectivity index (χ1n) is 6.57. The highest BCUT2D eigenvalue weighted by Gasteiger charge is 2.13. The highest BCUT2D eigenvalue weighted by molar-refractivity contribution is 9.10. The first kappa shape index (κ1) is 15.9. The van der Waals surface area contributed by atoms with Crippen molar-refractivity contribution in [1.82, 2.24) is 0 Å². The van der Waals surface area contributed by atoms with Crippen molar-refractivity contribution in [3.8, 4) is 5.75 Å². The average molecular weight is 356 g/mol. The van der Waals surface area contributed by atoms with Gasteiger partial charge in [0.15, 0.2) is 11.6 Å². The van der Waals surface area contributed by atoms with Crippen LogP contribution >= 0.6 is 15.9 Å². The smallest absolute Gasteiger partial charge is 0.165 e. The zero-order valence-corrected chi connectivity index (χ0v) is 13.2. The lowest BCUT2D eigenvalue weighted by Gasteiger charge is -2.14. The van der Waals surface area contributed by atoms with Gasteiger partial charge in [-0.15, -0.1) is 0 Å². The van der Waals surface area contributed by atoms with Crippen LogP contribution in [0.2, 0.25) is 0 Å². The molecule has 5 heteroatoms. The monoisotopic (exact) mass is 355 g/mol. The molecule has 0 aliphatic carbocycles. The van der Waals surface area contributed by atoms with E-state index in [2.05, 4.69) is 15.9 Å². The maximum absolute atomic E-state index is 13.9. The van der Waals surface area contributed by atoms with Gasteiger partial charge in [-0.05, 0) is 43.2 Å². The summed E-state index contributed by atoms with van der Waals surface area (Å²) in [5.74, 6) is -0.721. The summed E-state index contributed by atoms with van der Waals surface area (Å²) in [6, 6.07) is 9.13. The molecule has 0 saturated heterocycles. The van der Waals surface area contributed by atoms with E-state index in [9.17, 15) is 8.78 Å². The van der Waals surface area contributed by atoms with Gasteiger partial charge in [0.2, 0.25) is 0 Å². The van der Waals surface area contributed by atoms with E-state index in [4.69, 9.17) is 10.5 Å². The van der Waals surface area contributed by atoms with Gasteiger partial charge >= 0.3 is 0 Å². The van der Waals surface area contributed by atoms with Crippen LogP contribution in [0.25, 0.3) is 0 Å². The van der Waals surface area contributed by atoms with Crippen LogP contribution in [-0.4, -0.2) is 6.04 Å². The van der Waals surface area contributed by atoms with Gasteiger partial charge in [-0.3, -0.25) is 0 Å². The lowest BCUT2D eigenvalue weighted by Crippen LogP contribution is -2.18. The molecule has 1 atom stereocenters. The Morgan fingerprint density at radius 3 is 2.62 bits per heavy atom. The van der Waals surface area contributed by atoms with Crippen LogP contribution in [0.5, 0.6) is 5.75 Å². The van der Waals surface area contributed by atoms with E-state index in [1.165, 1.54) is 12.1 Å². The molecule has 2 rings (SSSR count). The van der Waals surface area contributed by atoms with Crippen molar-refractivity contribution in [3.63, 3.8) is 0 Å². The lowest BCUT2D eigenvalue weighted by atomic mass is 10.1. The molecule has 2 nitrogen and oxygen atoms in total. The summed E-state index contributed by atoms with van der Waals surface area (Å²) >= 11 is 3.27. The van der Waals surface area contributed by atoms with Gasteiger partial charge in [0.25, 0.3) is 0 Å². The quantitative estimate of drug-likeness (QED) is 0.872. The standard InChI is InChI=1S/C16H16BrF2NO/c1-10(20)7-11-3-2-4-15(19)16(11)21-9-12-8-13(17)5-6-14(12)18/h2-6,8,10H,7,9,20H2,1H3. The number of para-hydroxylation sites is 1. The van der Waals surface area contributed by atoms with Crippen molar-refractivity contribution in [2.45, 2.75) is 26.0 Å². The summed E-state index contributed by atoms with van der Waals surface area (Å²) in [6.45, 7) is 1.79. The molecule has 1 unspecified atom stereocenters. The topological polar surface area (TPSA) is 35.2 Å². The van der Waals surface area contributed by atoms with E-state index in [-0.39, 0.29) is 24.2 Å². The fourth-order valence-electron chi connectivity index (χ4n) is 2.03. The number of halogens is 3. The van der Waals surface area contributed by atoms with Crippen molar-refractivity contribution in [1.29, 1.82) is 0 Å². The van der Waals surface area contributed by atoms with E-state index in [0.717, 1.165) is 4.47 Å². The molecule has 0 fully saturated rings. The Morgan fingerprint density at radius 1 is 1.14 bits per heavy atom. The normalized spacial score (nSPS) is 12.2. The van der Waals surface area contributed by atoms with Crippen molar-refractivity contribution >= 4 is 15.9 Å². The summed E-state index contributed by atoms with van der Waals surface area (Å²) in [7, 11) is 0. The maximum Gasteiger partial charge on any atom is 0.165 e. The third-order valence-corrected chi connectivity index (χ3v) is 3.46. The first-order valence-corrected chi connectivity index (χ1v) is 7.36. The van der Waals surface area contributed by atoms with E-state index in [1.807, 2.05) is 6.92 Å². The molecule has 0 aromatic heterocycles. The van der Waals surface area contributed by atoms with Gasteiger partial charge in [-0.1, -0.05) is 28.1 Å². The Labute approximate surface area is 131 Å². The van der Waals surface area contributed by atoms with E-state index in [0.29, 0.717) is 17.5 Å². The Hall–Kier alpha value is -1.46. The Morgan fingerprint density at radius 2 is 1.90 bits per heavy atom. The van der Waals surface area contributed by atoms with Gasteiger partial charge in [-0.25, -0.2) is 8.78 Å². The van der Waals surface area contributed by atoms with Crippen LogP contribution in [-0.2, 0) is 13.0 Å². The predicted molar refractivity (Wildman–Crippen MR) is 82.2 cm³/mol. The van der Waals surface area contributed by atoms with Crippen molar-refractivity contribution < 1.29 is 13.5 Å². The molecule has 0 aliphatic rings. The maximum atomic E-state index is 13.9. The molecule has 2 N–H and O–H groups in total. The second kappa shape index (κ2) is 7.00. The zero-order chi connectivity index (χ0) is 15.4. The molecular weight excluding hydrogens is 340 g/mol. The van der Waals surface area contributed by atoms with Crippen LogP contribution in [0.4, 0.5) is 8.78 Å². The molecular formula is C16H16BrF2NO. The molecule has 0 radical (unpaired) electrons. The lowest BCUT2D eigenvalue weighted by molar-refractivity contribution is 0.281. The number of hydrogen-bond donors (Lipinski definition) is 1. The van der Waals surface area contributed by atoms with E-state index < -0.39 is 5.82 Å². The molecule has 2 aromatic carbocycles. The summed E-state index contributed by atoms with van der Waals surface area (Å²) in [6.07, 6.45) is 0.494. The van der Waals surface area contributed by atoms with Gasteiger partial charge in [-0.2, -0.15) is 0 Å². The van der Waals surface area contributed by atoms with Gasteiger partial charge < -0.3 is 10.5 Å². The van der Waals surface area contributed by atoms with Crippen molar-refractivity contribution in [2.75, 3.05) is 0 Å². The third-order valence-electron chi connectivity index (χ3n) is 2.97. The largest absolute Gasteiger partial charge is 0.485 e. The molecule has 0 amide bonds. The molecule has 0 aliphatic heterocycles. The summed E-state index contributed by atoms with van der Waals surface area (Å²) in [5.41, 5.74) is 6.79. The van der Waals surface area contributed by atoms with Crippen LogP contribution in [0.15, 0.2) is 40.9 Å². The molecule has 21 heavy (non-hydrogen) atoms. The second-order valence-corrected chi connectivity index (χ2v) is 5.85. The molecule has 112 valence electrons. The van der Waals surface area contributed by atoms with Gasteiger partial charge in [0.1, 0.15) is 12.4 Å².